The van der Waals surface area contributed by atoms with E-state index in [-0.39, 0.29) is 6.04 Å². The monoisotopic (exact) mass is 393 g/mol. The van der Waals surface area contributed by atoms with Gasteiger partial charge >= 0.3 is 0 Å². The third-order valence-corrected chi connectivity index (χ3v) is 5.59. The molecule has 4 rings (SSSR count). The van der Waals surface area contributed by atoms with Crippen LogP contribution < -0.4 is 9.47 Å². The van der Waals surface area contributed by atoms with Crippen LogP contribution in [0, 0.1) is 0 Å². The molecule has 1 atom stereocenters. The van der Waals surface area contributed by atoms with Gasteiger partial charge in [-0.15, -0.1) is 0 Å². The van der Waals surface area contributed by atoms with Crippen LogP contribution >= 0.6 is 0 Å². The van der Waals surface area contributed by atoms with E-state index in [4.69, 9.17) is 14.0 Å². The Balaban J connectivity index is 1.51. The van der Waals surface area contributed by atoms with Gasteiger partial charge in [0.1, 0.15) is 11.5 Å². The van der Waals surface area contributed by atoms with Gasteiger partial charge in [0.2, 0.25) is 11.7 Å². The van der Waals surface area contributed by atoms with Crippen LogP contribution in [0.2, 0.25) is 0 Å². The fourth-order valence-corrected chi connectivity index (χ4v) is 3.96. The average molecular weight is 393 g/mol. The summed E-state index contributed by atoms with van der Waals surface area (Å²) in [6, 6.07) is 14.6. The zero-order valence-corrected chi connectivity index (χ0v) is 17.2. The van der Waals surface area contributed by atoms with Crippen molar-refractivity contribution >= 4 is 0 Å². The highest BCUT2D eigenvalue weighted by atomic mass is 16.5. The van der Waals surface area contributed by atoms with Gasteiger partial charge in [-0.2, -0.15) is 4.98 Å². The summed E-state index contributed by atoms with van der Waals surface area (Å²) >= 11 is 0. The van der Waals surface area contributed by atoms with Gasteiger partial charge in [-0.1, -0.05) is 42.4 Å². The van der Waals surface area contributed by atoms with E-state index in [0.29, 0.717) is 18.3 Å². The summed E-state index contributed by atoms with van der Waals surface area (Å²) < 4.78 is 16.5. The number of methoxy groups -OCH3 is 2. The summed E-state index contributed by atoms with van der Waals surface area (Å²) in [6.07, 6.45) is 3.21. The maximum absolute atomic E-state index is 5.62. The number of aromatic nitrogens is 2. The van der Waals surface area contributed by atoms with Crippen LogP contribution in [-0.2, 0) is 13.0 Å². The quantitative estimate of drug-likeness (QED) is 0.582. The van der Waals surface area contributed by atoms with E-state index in [2.05, 4.69) is 40.2 Å². The van der Waals surface area contributed by atoms with Crippen LogP contribution in [0.3, 0.4) is 0 Å². The molecule has 29 heavy (non-hydrogen) atoms. The van der Waals surface area contributed by atoms with Crippen molar-refractivity contribution in [3.63, 3.8) is 0 Å². The van der Waals surface area contributed by atoms with E-state index in [9.17, 15) is 0 Å². The zero-order chi connectivity index (χ0) is 20.2. The smallest absolute Gasteiger partial charge is 0.241 e. The van der Waals surface area contributed by atoms with Gasteiger partial charge in [0, 0.05) is 23.2 Å². The molecule has 0 spiro atoms. The first-order valence-corrected chi connectivity index (χ1v) is 10.1. The van der Waals surface area contributed by atoms with E-state index in [1.165, 1.54) is 11.1 Å². The maximum atomic E-state index is 5.62. The minimum Gasteiger partial charge on any atom is -0.497 e. The predicted molar refractivity (Wildman–Crippen MR) is 111 cm³/mol. The molecule has 0 bridgehead atoms. The van der Waals surface area contributed by atoms with Crippen molar-refractivity contribution in [2.24, 2.45) is 0 Å². The Morgan fingerprint density at radius 3 is 2.66 bits per heavy atom. The summed E-state index contributed by atoms with van der Waals surface area (Å²) in [7, 11) is 3.37. The van der Waals surface area contributed by atoms with Crippen LogP contribution in [-0.4, -0.2) is 35.8 Å². The molecule has 1 aliphatic rings. The number of hydrogen-bond acceptors (Lipinski definition) is 6. The molecular formula is C23H27N3O3. The van der Waals surface area contributed by atoms with Crippen molar-refractivity contribution in [2.75, 3.05) is 20.8 Å². The molecule has 152 valence electrons. The standard InChI is InChI=1S/C23H27N3O3/c1-4-16-7-9-17(10-8-16)23-24-22(29-25-23)15-26-13-5-6-20(26)19-12-11-18(27-2)14-21(19)28-3/h7-12,14,20H,4-6,13,15H2,1-3H3/t20-/m0/s1. The Bertz CT molecular complexity index is 952. The molecule has 6 heteroatoms. The van der Waals surface area contributed by atoms with Crippen molar-refractivity contribution in [3.8, 4) is 22.9 Å². The Morgan fingerprint density at radius 1 is 1.10 bits per heavy atom. The van der Waals surface area contributed by atoms with Gasteiger partial charge in [0.05, 0.1) is 20.8 Å². The van der Waals surface area contributed by atoms with Gasteiger partial charge < -0.3 is 14.0 Å². The molecular weight excluding hydrogens is 366 g/mol. The molecule has 1 aliphatic heterocycles. The largest absolute Gasteiger partial charge is 0.497 e. The van der Waals surface area contributed by atoms with Gasteiger partial charge in [0.15, 0.2) is 0 Å². The van der Waals surface area contributed by atoms with Crippen molar-refractivity contribution in [3.05, 3.63) is 59.5 Å². The van der Waals surface area contributed by atoms with Gasteiger partial charge in [-0.3, -0.25) is 4.90 Å². The molecule has 2 aromatic carbocycles. The summed E-state index contributed by atoms with van der Waals surface area (Å²) in [5.41, 5.74) is 3.44. The lowest BCUT2D eigenvalue weighted by atomic mass is 10.0. The molecule has 6 nitrogen and oxygen atoms in total. The average Bonchev–Trinajstić information content (AvgIpc) is 3.43. The van der Waals surface area contributed by atoms with Crippen molar-refractivity contribution in [1.82, 2.24) is 15.0 Å². The van der Waals surface area contributed by atoms with Gasteiger partial charge in [-0.25, -0.2) is 0 Å². The van der Waals surface area contributed by atoms with E-state index >= 15 is 0 Å². The van der Waals surface area contributed by atoms with E-state index in [1.54, 1.807) is 14.2 Å². The summed E-state index contributed by atoms with van der Waals surface area (Å²) in [5.74, 6) is 2.92. The van der Waals surface area contributed by atoms with Crippen molar-refractivity contribution in [2.45, 2.75) is 38.8 Å². The second kappa shape index (κ2) is 8.66. The van der Waals surface area contributed by atoms with E-state index in [0.717, 1.165) is 42.9 Å². The number of nitrogens with zero attached hydrogens (tertiary/aromatic N) is 3. The normalized spacial score (nSPS) is 16.9. The third kappa shape index (κ3) is 4.12. The Hall–Kier alpha value is -2.86. The minimum absolute atomic E-state index is 0.259. The summed E-state index contributed by atoms with van der Waals surface area (Å²) in [5, 5.41) is 4.18. The van der Waals surface area contributed by atoms with E-state index in [1.807, 2.05) is 24.3 Å². The SMILES string of the molecule is CCc1ccc(-c2noc(CN3CCC[C@H]3c3ccc(OC)cc3OC)n2)cc1. The predicted octanol–water partition coefficient (Wildman–Crippen LogP) is 4.65. The Kier molecular flexibility index (Phi) is 5.81. The summed E-state index contributed by atoms with van der Waals surface area (Å²) in [4.78, 5) is 7.00. The van der Waals surface area contributed by atoms with E-state index < -0.39 is 0 Å². The fraction of sp³-hybridized carbons (Fsp3) is 0.391. The lowest BCUT2D eigenvalue weighted by molar-refractivity contribution is 0.209. The van der Waals surface area contributed by atoms with Gasteiger partial charge in [-0.05, 0) is 37.4 Å². The molecule has 0 saturated carbocycles. The highest BCUT2D eigenvalue weighted by Gasteiger charge is 2.30. The fourth-order valence-electron chi connectivity index (χ4n) is 3.96. The number of ether oxygens (including phenoxy) is 2. The number of aryl methyl sites for hydroxylation is 1. The Labute approximate surface area is 171 Å². The first-order valence-electron chi connectivity index (χ1n) is 10.1. The number of hydrogen-bond donors (Lipinski definition) is 0. The third-order valence-electron chi connectivity index (χ3n) is 5.59. The molecule has 0 N–H and O–H groups in total. The lowest BCUT2D eigenvalue weighted by Gasteiger charge is -2.25. The second-order valence-corrected chi connectivity index (χ2v) is 7.30. The van der Waals surface area contributed by atoms with Crippen LogP contribution in [0.5, 0.6) is 11.5 Å². The van der Waals surface area contributed by atoms with Crippen LogP contribution in [0.1, 0.15) is 42.8 Å². The minimum atomic E-state index is 0.259. The molecule has 0 aliphatic carbocycles. The molecule has 3 aromatic rings. The number of rotatable bonds is 7. The van der Waals surface area contributed by atoms with Crippen molar-refractivity contribution in [1.29, 1.82) is 0 Å². The molecule has 0 radical (unpaired) electrons. The molecule has 2 heterocycles. The second-order valence-electron chi connectivity index (χ2n) is 7.30. The Morgan fingerprint density at radius 2 is 1.93 bits per heavy atom. The van der Waals surface area contributed by atoms with Crippen LogP contribution in [0.15, 0.2) is 47.0 Å². The molecule has 1 aromatic heterocycles. The van der Waals surface area contributed by atoms with Gasteiger partial charge in [0.25, 0.3) is 0 Å². The lowest BCUT2D eigenvalue weighted by Crippen LogP contribution is -2.23. The first kappa shape index (κ1) is 19.5. The number of likely N-dealkylation sites (tertiary alicyclic amines) is 1. The highest BCUT2D eigenvalue weighted by Crippen LogP contribution is 2.39. The van der Waals surface area contributed by atoms with Crippen LogP contribution in [0.25, 0.3) is 11.4 Å². The number of benzene rings is 2. The van der Waals surface area contributed by atoms with Crippen LogP contribution in [0.4, 0.5) is 0 Å². The zero-order valence-electron chi connectivity index (χ0n) is 17.2. The maximum Gasteiger partial charge on any atom is 0.241 e. The molecule has 0 unspecified atom stereocenters. The van der Waals surface area contributed by atoms with Crippen molar-refractivity contribution < 1.29 is 14.0 Å². The highest BCUT2D eigenvalue weighted by molar-refractivity contribution is 5.54. The molecule has 1 fully saturated rings. The molecule has 0 amide bonds. The first-order chi connectivity index (χ1) is 14.2. The molecule has 1 saturated heterocycles. The topological polar surface area (TPSA) is 60.6 Å². The summed E-state index contributed by atoms with van der Waals surface area (Å²) in [6.45, 7) is 3.76.